The summed E-state index contributed by atoms with van der Waals surface area (Å²) in [7, 11) is 1.99. The summed E-state index contributed by atoms with van der Waals surface area (Å²) in [5, 5.41) is 4.17. The molecule has 0 radical (unpaired) electrons. The monoisotopic (exact) mass is 233 g/mol. The van der Waals surface area contributed by atoms with Crippen LogP contribution in [0.3, 0.4) is 0 Å². The Morgan fingerprint density at radius 1 is 1.47 bits per heavy atom. The van der Waals surface area contributed by atoms with E-state index in [0.717, 1.165) is 19.3 Å². The number of hydrogen-bond donors (Lipinski definition) is 1. The fourth-order valence-corrected chi connectivity index (χ4v) is 2.51. The lowest BCUT2D eigenvalue weighted by molar-refractivity contribution is 0.561. The highest BCUT2D eigenvalue weighted by molar-refractivity contribution is 5.07. The molecule has 3 nitrogen and oxygen atoms in total. The fourth-order valence-electron chi connectivity index (χ4n) is 2.51. The van der Waals surface area contributed by atoms with Crippen molar-refractivity contribution in [2.45, 2.75) is 51.0 Å². The van der Waals surface area contributed by atoms with Crippen LogP contribution in [0.25, 0.3) is 0 Å². The SMILES string of the molecule is Cn1nccc1CCC(N)CC1=CCCCC1. The van der Waals surface area contributed by atoms with Gasteiger partial charge in [0.15, 0.2) is 0 Å². The summed E-state index contributed by atoms with van der Waals surface area (Å²) in [5.74, 6) is 0. The molecular formula is C14H23N3. The van der Waals surface area contributed by atoms with Gasteiger partial charge in [0.2, 0.25) is 0 Å². The van der Waals surface area contributed by atoms with Crippen molar-refractivity contribution in [1.82, 2.24) is 9.78 Å². The standard InChI is InChI=1S/C14H23N3/c1-17-14(9-10-16-17)8-7-13(15)11-12-5-3-2-4-6-12/h5,9-10,13H,2-4,6-8,11,15H2,1H3. The van der Waals surface area contributed by atoms with Crippen molar-refractivity contribution in [2.24, 2.45) is 12.8 Å². The molecular weight excluding hydrogens is 210 g/mol. The van der Waals surface area contributed by atoms with Crippen LogP contribution in [0.1, 0.15) is 44.2 Å². The predicted octanol–water partition coefficient (Wildman–Crippen LogP) is 2.57. The Kier molecular flexibility index (Phi) is 4.37. The fraction of sp³-hybridized carbons (Fsp3) is 0.643. The van der Waals surface area contributed by atoms with E-state index in [1.54, 1.807) is 5.57 Å². The zero-order chi connectivity index (χ0) is 12.1. The molecule has 1 aliphatic rings. The minimum Gasteiger partial charge on any atom is -0.327 e. The summed E-state index contributed by atoms with van der Waals surface area (Å²) in [6.07, 6.45) is 12.6. The van der Waals surface area contributed by atoms with Crippen molar-refractivity contribution in [3.8, 4) is 0 Å². The second-order valence-electron chi connectivity index (χ2n) is 5.06. The van der Waals surface area contributed by atoms with Crippen molar-refractivity contribution >= 4 is 0 Å². The first-order valence-electron chi connectivity index (χ1n) is 6.66. The van der Waals surface area contributed by atoms with E-state index in [-0.39, 0.29) is 0 Å². The molecule has 0 aliphatic heterocycles. The van der Waals surface area contributed by atoms with Crippen LogP contribution in [0, 0.1) is 0 Å². The summed E-state index contributed by atoms with van der Waals surface area (Å²) >= 11 is 0. The van der Waals surface area contributed by atoms with E-state index in [9.17, 15) is 0 Å². The van der Waals surface area contributed by atoms with Crippen LogP contribution in [0.2, 0.25) is 0 Å². The largest absolute Gasteiger partial charge is 0.327 e. The number of aromatic nitrogens is 2. The summed E-state index contributed by atoms with van der Waals surface area (Å²) < 4.78 is 1.94. The van der Waals surface area contributed by atoms with Crippen LogP contribution in [-0.2, 0) is 13.5 Å². The van der Waals surface area contributed by atoms with Gasteiger partial charge in [-0.15, -0.1) is 0 Å². The van der Waals surface area contributed by atoms with E-state index >= 15 is 0 Å². The van der Waals surface area contributed by atoms with E-state index in [0.29, 0.717) is 6.04 Å². The normalized spacial score (nSPS) is 17.9. The van der Waals surface area contributed by atoms with Crippen LogP contribution >= 0.6 is 0 Å². The van der Waals surface area contributed by atoms with Crippen molar-refractivity contribution in [1.29, 1.82) is 0 Å². The first-order valence-corrected chi connectivity index (χ1v) is 6.66. The summed E-state index contributed by atoms with van der Waals surface area (Å²) in [6, 6.07) is 2.38. The Morgan fingerprint density at radius 2 is 2.35 bits per heavy atom. The number of aryl methyl sites for hydroxylation is 2. The van der Waals surface area contributed by atoms with Crippen molar-refractivity contribution in [3.63, 3.8) is 0 Å². The third-order valence-electron chi connectivity index (χ3n) is 3.60. The van der Waals surface area contributed by atoms with Gasteiger partial charge < -0.3 is 5.73 Å². The van der Waals surface area contributed by atoms with Gasteiger partial charge in [0, 0.05) is 25.0 Å². The molecule has 2 N–H and O–H groups in total. The maximum absolute atomic E-state index is 6.20. The molecule has 0 bridgehead atoms. The quantitative estimate of drug-likeness (QED) is 0.794. The van der Waals surface area contributed by atoms with Gasteiger partial charge in [0.25, 0.3) is 0 Å². The van der Waals surface area contributed by atoms with Crippen LogP contribution in [0.15, 0.2) is 23.9 Å². The Bertz CT molecular complexity index is 379. The lowest BCUT2D eigenvalue weighted by Crippen LogP contribution is -2.22. The second kappa shape index (κ2) is 6.01. The number of nitrogens with two attached hydrogens (primary N) is 1. The Hall–Kier alpha value is -1.09. The molecule has 17 heavy (non-hydrogen) atoms. The van der Waals surface area contributed by atoms with Gasteiger partial charge in [0.1, 0.15) is 0 Å². The zero-order valence-electron chi connectivity index (χ0n) is 10.7. The predicted molar refractivity (Wildman–Crippen MR) is 70.7 cm³/mol. The third kappa shape index (κ3) is 3.70. The average Bonchev–Trinajstić information content (AvgIpc) is 2.74. The van der Waals surface area contributed by atoms with Gasteiger partial charge in [-0.25, -0.2) is 0 Å². The molecule has 0 spiro atoms. The van der Waals surface area contributed by atoms with Crippen LogP contribution in [-0.4, -0.2) is 15.8 Å². The molecule has 1 aliphatic carbocycles. The first kappa shape index (κ1) is 12.4. The Balaban J connectivity index is 1.75. The van der Waals surface area contributed by atoms with Gasteiger partial charge in [0.05, 0.1) is 0 Å². The molecule has 2 rings (SSSR count). The van der Waals surface area contributed by atoms with Crippen molar-refractivity contribution < 1.29 is 0 Å². The van der Waals surface area contributed by atoms with Crippen LogP contribution < -0.4 is 5.73 Å². The summed E-state index contributed by atoms with van der Waals surface area (Å²) in [6.45, 7) is 0. The van der Waals surface area contributed by atoms with Crippen LogP contribution in [0.5, 0.6) is 0 Å². The minimum atomic E-state index is 0.300. The zero-order valence-corrected chi connectivity index (χ0v) is 10.7. The molecule has 0 amide bonds. The van der Waals surface area contributed by atoms with E-state index in [2.05, 4.69) is 17.2 Å². The Labute approximate surface area is 104 Å². The lowest BCUT2D eigenvalue weighted by atomic mass is 9.93. The molecule has 1 heterocycles. The van der Waals surface area contributed by atoms with E-state index < -0.39 is 0 Å². The van der Waals surface area contributed by atoms with E-state index in [4.69, 9.17) is 5.73 Å². The number of allylic oxidation sites excluding steroid dienone is 1. The minimum absolute atomic E-state index is 0.300. The molecule has 0 saturated heterocycles. The summed E-state index contributed by atoms with van der Waals surface area (Å²) in [5.41, 5.74) is 9.05. The smallest absolute Gasteiger partial charge is 0.0492 e. The molecule has 3 heteroatoms. The number of hydrogen-bond acceptors (Lipinski definition) is 2. The van der Waals surface area contributed by atoms with Gasteiger partial charge in [-0.2, -0.15) is 5.10 Å². The van der Waals surface area contributed by atoms with Crippen molar-refractivity contribution in [2.75, 3.05) is 0 Å². The molecule has 0 aromatic carbocycles. The first-order chi connectivity index (χ1) is 8.25. The molecule has 94 valence electrons. The maximum atomic E-state index is 6.20. The molecule has 0 fully saturated rings. The highest BCUT2D eigenvalue weighted by atomic mass is 15.2. The van der Waals surface area contributed by atoms with E-state index in [1.807, 2.05) is 17.9 Å². The highest BCUT2D eigenvalue weighted by Gasteiger charge is 2.10. The summed E-state index contributed by atoms with van der Waals surface area (Å²) in [4.78, 5) is 0. The Morgan fingerprint density at radius 3 is 3.00 bits per heavy atom. The molecule has 1 aromatic heterocycles. The number of rotatable bonds is 5. The lowest BCUT2D eigenvalue weighted by Gasteiger charge is -2.17. The maximum Gasteiger partial charge on any atom is 0.0492 e. The van der Waals surface area contributed by atoms with Gasteiger partial charge in [-0.05, 0) is 51.0 Å². The van der Waals surface area contributed by atoms with E-state index in [1.165, 1.54) is 31.4 Å². The van der Waals surface area contributed by atoms with Gasteiger partial charge in [-0.1, -0.05) is 11.6 Å². The third-order valence-corrected chi connectivity index (χ3v) is 3.60. The highest BCUT2D eigenvalue weighted by Crippen LogP contribution is 2.21. The second-order valence-corrected chi connectivity index (χ2v) is 5.06. The molecule has 0 saturated carbocycles. The molecule has 1 aromatic rings. The number of nitrogens with zero attached hydrogens (tertiary/aromatic N) is 2. The van der Waals surface area contributed by atoms with Gasteiger partial charge in [-0.3, -0.25) is 4.68 Å². The van der Waals surface area contributed by atoms with Crippen molar-refractivity contribution in [3.05, 3.63) is 29.6 Å². The van der Waals surface area contributed by atoms with Gasteiger partial charge >= 0.3 is 0 Å². The molecule has 1 atom stereocenters. The molecule has 1 unspecified atom stereocenters. The average molecular weight is 233 g/mol. The topological polar surface area (TPSA) is 43.8 Å². The van der Waals surface area contributed by atoms with Crippen LogP contribution in [0.4, 0.5) is 0 Å².